The van der Waals surface area contributed by atoms with Gasteiger partial charge in [-0.3, -0.25) is 4.79 Å². The molecule has 3 N–H and O–H groups in total. The van der Waals surface area contributed by atoms with E-state index in [-0.39, 0.29) is 43.5 Å². The molecule has 10 heteroatoms. The number of rotatable bonds is 8. The van der Waals surface area contributed by atoms with E-state index >= 15 is 0 Å². The minimum atomic E-state index is -5.19. The SMILES string of the molecule is O=C(NS(=O)(=O)F)c1cc(OCCO)cc(OCCO)c1. The number of aliphatic hydroxyl groups is 2. The molecule has 0 aliphatic carbocycles. The van der Waals surface area contributed by atoms with Crippen molar-refractivity contribution in [3.63, 3.8) is 0 Å². The highest BCUT2D eigenvalue weighted by Crippen LogP contribution is 2.23. The summed E-state index contributed by atoms with van der Waals surface area (Å²) >= 11 is 0. The highest BCUT2D eigenvalue weighted by molar-refractivity contribution is 7.85. The molecule has 0 aromatic heterocycles. The van der Waals surface area contributed by atoms with Crippen LogP contribution in [0.1, 0.15) is 10.4 Å². The molecule has 0 saturated heterocycles. The quantitative estimate of drug-likeness (QED) is 0.545. The van der Waals surface area contributed by atoms with Gasteiger partial charge in [-0.1, -0.05) is 3.89 Å². The van der Waals surface area contributed by atoms with Crippen LogP contribution < -0.4 is 14.2 Å². The zero-order valence-electron chi connectivity index (χ0n) is 10.8. The fourth-order valence-corrected chi connectivity index (χ4v) is 1.71. The normalized spacial score (nSPS) is 11.0. The van der Waals surface area contributed by atoms with E-state index in [1.165, 1.54) is 6.07 Å². The molecule has 0 bridgehead atoms. The summed E-state index contributed by atoms with van der Waals surface area (Å²) in [5, 5.41) is 17.3. The average Bonchev–Trinajstić information content (AvgIpc) is 2.40. The molecule has 1 aromatic rings. The van der Waals surface area contributed by atoms with Crippen molar-refractivity contribution >= 4 is 16.3 Å². The van der Waals surface area contributed by atoms with Crippen LogP contribution in [0.2, 0.25) is 0 Å². The van der Waals surface area contributed by atoms with Crippen LogP contribution >= 0.6 is 0 Å². The molecule has 118 valence electrons. The summed E-state index contributed by atoms with van der Waals surface area (Å²) in [6.45, 7) is -0.679. The van der Waals surface area contributed by atoms with Gasteiger partial charge in [-0.2, -0.15) is 8.42 Å². The molecule has 0 fully saturated rings. The third-order valence-electron chi connectivity index (χ3n) is 2.08. The molecule has 0 aliphatic heterocycles. The minimum absolute atomic E-state index is 0.0636. The Kier molecular flexibility index (Phi) is 6.34. The predicted molar refractivity (Wildman–Crippen MR) is 69.1 cm³/mol. The Balaban J connectivity index is 3.02. The Labute approximate surface area is 120 Å². The van der Waals surface area contributed by atoms with Crippen LogP contribution in [0.15, 0.2) is 18.2 Å². The lowest BCUT2D eigenvalue weighted by molar-refractivity contribution is 0.0979. The summed E-state index contributed by atoms with van der Waals surface area (Å²) in [5.41, 5.74) is -0.223. The number of carbonyl (C=O) groups is 1. The second-order valence-electron chi connectivity index (χ2n) is 3.71. The topological polar surface area (TPSA) is 122 Å². The Morgan fingerprint density at radius 3 is 1.95 bits per heavy atom. The molecule has 0 saturated carbocycles. The number of amides is 1. The maximum Gasteiger partial charge on any atom is 0.399 e. The summed E-state index contributed by atoms with van der Waals surface area (Å²) in [4.78, 5) is 11.6. The van der Waals surface area contributed by atoms with Gasteiger partial charge in [0.05, 0.1) is 13.2 Å². The second-order valence-corrected chi connectivity index (χ2v) is 4.79. The lowest BCUT2D eigenvalue weighted by Gasteiger charge is -2.11. The van der Waals surface area contributed by atoms with Gasteiger partial charge in [-0.15, -0.1) is 0 Å². The van der Waals surface area contributed by atoms with Gasteiger partial charge in [-0.05, 0) is 12.1 Å². The minimum Gasteiger partial charge on any atom is -0.491 e. The highest BCUT2D eigenvalue weighted by Gasteiger charge is 2.16. The smallest absolute Gasteiger partial charge is 0.399 e. The Morgan fingerprint density at radius 1 is 1.10 bits per heavy atom. The van der Waals surface area contributed by atoms with E-state index in [1.54, 1.807) is 0 Å². The monoisotopic (exact) mass is 323 g/mol. The van der Waals surface area contributed by atoms with Gasteiger partial charge in [0.25, 0.3) is 5.91 Å². The van der Waals surface area contributed by atoms with Gasteiger partial charge in [0.1, 0.15) is 24.7 Å². The molecule has 0 atom stereocenters. The van der Waals surface area contributed by atoms with Crippen LogP contribution in [-0.4, -0.2) is 51.0 Å². The first-order valence-corrected chi connectivity index (χ1v) is 7.13. The van der Waals surface area contributed by atoms with Gasteiger partial charge in [-0.25, -0.2) is 4.72 Å². The zero-order chi connectivity index (χ0) is 15.9. The van der Waals surface area contributed by atoms with Crippen molar-refractivity contribution in [1.29, 1.82) is 0 Å². The molecule has 0 radical (unpaired) electrons. The molecule has 1 rings (SSSR count). The number of benzene rings is 1. The first kappa shape index (κ1) is 17.1. The molecular weight excluding hydrogens is 309 g/mol. The van der Waals surface area contributed by atoms with E-state index in [0.717, 1.165) is 16.9 Å². The molecule has 1 aromatic carbocycles. The van der Waals surface area contributed by atoms with Crippen molar-refractivity contribution in [3.05, 3.63) is 23.8 Å². The van der Waals surface area contributed by atoms with Crippen LogP contribution in [0.4, 0.5) is 3.89 Å². The number of nitrogens with one attached hydrogen (secondary N) is 1. The molecule has 0 unspecified atom stereocenters. The standard InChI is InChI=1S/C11H14FNO7S/c12-21(17,18)13-11(16)8-5-9(19-3-1-14)7-10(6-8)20-4-2-15/h5-7,14-15H,1-4H2,(H,13,16). The van der Waals surface area contributed by atoms with Crippen molar-refractivity contribution < 1.29 is 36.8 Å². The first-order chi connectivity index (χ1) is 9.85. The van der Waals surface area contributed by atoms with Crippen LogP contribution in [0.25, 0.3) is 0 Å². The summed E-state index contributed by atoms with van der Waals surface area (Å²) in [6, 6.07) is 3.68. The lowest BCUT2D eigenvalue weighted by atomic mass is 10.2. The Morgan fingerprint density at radius 2 is 1.57 bits per heavy atom. The predicted octanol–water partition coefficient (Wildman–Crippen LogP) is -0.627. The van der Waals surface area contributed by atoms with E-state index < -0.39 is 16.3 Å². The third-order valence-corrected chi connectivity index (χ3v) is 2.51. The molecule has 0 heterocycles. The molecule has 0 aliphatic rings. The van der Waals surface area contributed by atoms with Gasteiger partial charge >= 0.3 is 10.4 Å². The van der Waals surface area contributed by atoms with E-state index in [2.05, 4.69) is 0 Å². The van der Waals surface area contributed by atoms with Crippen molar-refractivity contribution in [2.75, 3.05) is 26.4 Å². The summed E-state index contributed by atoms with van der Waals surface area (Å²) < 4.78 is 44.6. The number of carbonyl (C=O) groups excluding carboxylic acids is 1. The number of hydrogen-bond acceptors (Lipinski definition) is 7. The number of halogens is 1. The number of aliphatic hydroxyl groups excluding tert-OH is 2. The first-order valence-electron chi connectivity index (χ1n) is 5.75. The number of hydrogen-bond donors (Lipinski definition) is 3. The lowest BCUT2D eigenvalue weighted by Crippen LogP contribution is -2.27. The van der Waals surface area contributed by atoms with Crippen LogP contribution in [0, 0.1) is 0 Å². The van der Waals surface area contributed by atoms with E-state index in [9.17, 15) is 17.1 Å². The fraction of sp³-hybridized carbons (Fsp3) is 0.364. The van der Waals surface area contributed by atoms with Crippen LogP contribution in [-0.2, 0) is 10.4 Å². The van der Waals surface area contributed by atoms with Crippen molar-refractivity contribution in [2.24, 2.45) is 0 Å². The maximum atomic E-state index is 12.4. The van der Waals surface area contributed by atoms with Gasteiger partial charge in [0.15, 0.2) is 0 Å². The summed E-state index contributed by atoms with van der Waals surface area (Å²) in [6.07, 6.45) is 0. The molecular formula is C11H14FNO7S. The molecule has 0 spiro atoms. The zero-order valence-corrected chi connectivity index (χ0v) is 11.6. The van der Waals surface area contributed by atoms with E-state index in [1.807, 2.05) is 0 Å². The number of ether oxygens (including phenoxy) is 2. The largest absolute Gasteiger partial charge is 0.491 e. The van der Waals surface area contributed by atoms with E-state index in [4.69, 9.17) is 19.7 Å². The highest BCUT2D eigenvalue weighted by atomic mass is 32.3. The average molecular weight is 323 g/mol. The van der Waals surface area contributed by atoms with Crippen molar-refractivity contribution in [1.82, 2.24) is 4.72 Å². The van der Waals surface area contributed by atoms with Gasteiger partial charge in [0.2, 0.25) is 0 Å². The third kappa shape index (κ3) is 6.38. The molecule has 1 amide bonds. The molecule has 21 heavy (non-hydrogen) atoms. The Bertz CT molecular complexity index is 564. The van der Waals surface area contributed by atoms with Crippen molar-refractivity contribution in [2.45, 2.75) is 0 Å². The maximum absolute atomic E-state index is 12.4. The molecule has 8 nitrogen and oxygen atoms in total. The van der Waals surface area contributed by atoms with Crippen LogP contribution in [0.5, 0.6) is 11.5 Å². The van der Waals surface area contributed by atoms with Crippen LogP contribution in [0.3, 0.4) is 0 Å². The van der Waals surface area contributed by atoms with E-state index in [0.29, 0.717) is 0 Å². The van der Waals surface area contributed by atoms with Crippen molar-refractivity contribution in [3.8, 4) is 11.5 Å². The van der Waals surface area contributed by atoms with Gasteiger partial charge in [0, 0.05) is 11.6 Å². The summed E-state index contributed by atoms with van der Waals surface area (Å²) in [7, 11) is -5.19. The fourth-order valence-electron chi connectivity index (χ4n) is 1.37. The Hall–Kier alpha value is -1.91. The summed E-state index contributed by atoms with van der Waals surface area (Å²) in [5.74, 6) is -0.984. The van der Waals surface area contributed by atoms with Gasteiger partial charge < -0.3 is 19.7 Å². The second kappa shape index (κ2) is 7.76.